The van der Waals surface area contributed by atoms with E-state index in [0.29, 0.717) is 18.1 Å². The Morgan fingerprint density at radius 1 is 1.20 bits per heavy atom. The normalized spacial score (nSPS) is 15.0. The van der Waals surface area contributed by atoms with E-state index in [2.05, 4.69) is 15.2 Å². The zero-order valence-corrected chi connectivity index (χ0v) is 14.6. The number of pyridine rings is 1. The first-order valence-corrected chi connectivity index (χ1v) is 8.93. The van der Waals surface area contributed by atoms with Crippen molar-refractivity contribution in [2.24, 2.45) is 5.92 Å². The Kier molecular flexibility index (Phi) is 5.88. The van der Waals surface area contributed by atoms with E-state index < -0.39 is 0 Å². The highest BCUT2D eigenvalue weighted by Gasteiger charge is 2.20. The number of rotatable bonds is 6. The first-order chi connectivity index (χ1) is 12.3. The minimum atomic E-state index is -0.0183. The van der Waals surface area contributed by atoms with E-state index in [1.165, 1.54) is 0 Å². The van der Waals surface area contributed by atoms with Crippen molar-refractivity contribution in [2.75, 3.05) is 31.1 Å². The van der Waals surface area contributed by atoms with Gasteiger partial charge >= 0.3 is 0 Å². The second-order valence-electron chi connectivity index (χ2n) is 6.29. The standard InChI is InChI=1S/C20H25N3O2/c1-2-25-18-8-6-17(7-9-18)20(24)22-15-16-10-13-23(14-11-16)19-5-3-4-12-21-19/h3-9,12,16H,2,10-11,13-15H2,1H3,(H,22,24). The third-order valence-corrected chi connectivity index (χ3v) is 4.57. The number of nitrogens with one attached hydrogen (secondary N) is 1. The van der Waals surface area contributed by atoms with Crippen molar-refractivity contribution in [3.8, 4) is 5.75 Å². The number of aromatic nitrogens is 1. The second-order valence-corrected chi connectivity index (χ2v) is 6.29. The van der Waals surface area contributed by atoms with Gasteiger partial charge in [-0.2, -0.15) is 0 Å². The quantitative estimate of drug-likeness (QED) is 0.878. The maximum Gasteiger partial charge on any atom is 0.251 e. The molecule has 5 heteroatoms. The maximum absolute atomic E-state index is 12.3. The Labute approximate surface area is 149 Å². The van der Waals surface area contributed by atoms with Gasteiger partial charge < -0.3 is 15.0 Å². The molecule has 3 rings (SSSR count). The number of piperidine rings is 1. The lowest BCUT2D eigenvalue weighted by atomic mass is 9.96. The predicted octanol–water partition coefficient (Wildman–Crippen LogP) is 3.13. The Hall–Kier alpha value is -2.56. The van der Waals surface area contributed by atoms with Crippen molar-refractivity contribution in [2.45, 2.75) is 19.8 Å². The fraction of sp³-hybridized carbons (Fsp3) is 0.400. The molecule has 1 aromatic carbocycles. The topological polar surface area (TPSA) is 54.5 Å². The van der Waals surface area contributed by atoms with Crippen LogP contribution in [-0.2, 0) is 0 Å². The zero-order valence-electron chi connectivity index (χ0n) is 14.6. The molecule has 0 unspecified atom stereocenters. The van der Waals surface area contributed by atoms with Gasteiger partial charge in [0.05, 0.1) is 6.61 Å². The molecular weight excluding hydrogens is 314 g/mol. The minimum Gasteiger partial charge on any atom is -0.494 e. The molecule has 1 saturated heterocycles. The van der Waals surface area contributed by atoms with Gasteiger partial charge in [0.25, 0.3) is 5.91 Å². The number of hydrogen-bond donors (Lipinski definition) is 1. The SMILES string of the molecule is CCOc1ccc(C(=O)NCC2CCN(c3ccccn3)CC2)cc1. The Morgan fingerprint density at radius 2 is 1.96 bits per heavy atom. The first kappa shape index (κ1) is 17.3. The Morgan fingerprint density at radius 3 is 2.60 bits per heavy atom. The molecule has 1 aromatic heterocycles. The van der Waals surface area contributed by atoms with E-state index in [1.807, 2.05) is 55.6 Å². The minimum absolute atomic E-state index is 0.0183. The first-order valence-electron chi connectivity index (χ1n) is 8.93. The molecule has 2 heterocycles. The van der Waals surface area contributed by atoms with Crippen LogP contribution in [0.2, 0.25) is 0 Å². The van der Waals surface area contributed by atoms with Gasteiger partial charge in [-0.3, -0.25) is 4.79 Å². The van der Waals surface area contributed by atoms with Gasteiger partial charge in [-0.15, -0.1) is 0 Å². The maximum atomic E-state index is 12.3. The van der Waals surface area contributed by atoms with Crippen LogP contribution in [0.5, 0.6) is 5.75 Å². The van der Waals surface area contributed by atoms with E-state index in [0.717, 1.165) is 44.0 Å². The number of benzene rings is 1. The number of nitrogens with zero attached hydrogens (tertiary/aromatic N) is 2. The van der Waals surface area contributed by atoms with Crippen LogP contribution in [0.25, 0.3) is 0 Å². The molecule has 0 saturated carbocycles. The van der Waals surface area contributed by atoms with Crippen LogP contribution in [0.4, 0.5) is 5.82 Å². The molecule has 0 bridgehead atoms. The average molecular weight is 339 g/mol. The number of amides is 1. The monoisotopic (exact) mass is 339 g/mol. The molecule has 0 spiro atoms. The second kappa shape index (κ2) is 8.51. The number of hydrogen-bond acceptors (Lipinski definition) is 4. The molecule has 1 N–H and O–H groups in total. The molecule has 2 aromatic rings. The molecule has 25 heavy (non-hydrogen) atoms. The van der Waals surface area contributed by atoms with Gasteiger partial charge in [0.15, 0.2) is 0 Å². The van der Waals surface area contributed by atoms with Crippen molar-refractivity contribution < 1.29 is 9.53 Å². The third-order valence-electron chi connectivity index (χ3n) is 4.57. The number of anilines is 1. The number of carbonyl (C=O) groups is 1. The number of ether oxygens (including phenoxy) is 1. The summed E-state index contributed by atoms with van der Waals surface area (Å²) < 4.78 is 5.40. The molecule has 1 amide bonds. The van der Waals surface area contributed by atoms with Crippen LogP contribution in [0.15, 0.2) is 48.7 Å². The van der Waals surface area contributed by atoms with Gasteiger partial charge in [-0.05, 0) is 62.1 Å². The molecule has 5 nitrogen and oxygen atoms in total. The average Bonchev–Trinajstić information content (AvgIpc) is 2.68. The predicted molar refractivity (Wildman–Crippen MR) is 99.1 cm³/mol. The smallest absolute Gasteiger partial charge is 0.251 e. The largest absolute Gasteiger partial charge is 0.494 e. The summed E-state index contributed by atoms with van der Waals surface area (Å²) in [4.78, 5) is 19.0. The van der Waals surface area contributed by atoms with Crippen molar-refractivity contribution in [3.05, 3.63) is 54.2 Å². The molecule has 1 aliphatic heterocycles. The van der Waals surface area contributed by atoms with Crippen LogP contribution in [0.1, 0.15) is 30.1 Å². The highest BCUT2D eigenvalue weighted by molar-refractivity contribution is 5.94. The van der Waals surface area contributed by atoms with Crippen molar-refractivity contribution in [1.29, 1.82) is 0 Å². The van der Waals surface area contributed by atoms with Crippen molar-refractivity contribution in [1.82, 2.24) is 10.3 Å². The Balaban J connectivity index is 1.44. The van der Waals surface area contributed by atoms with Crippen molar-refractivity contribution in [3.63, 3.8) is 0 Å². The summed E-state index contributed by atoms with van der Waals surface area (Å²) in [6, 6.07) is 13.3. The molecule has 0 atom stereocenters. The number of carbonyl (C=O) groups excluding carboxylic acids is 1. The lowest BCUT2D eigenvalue weighted by Crippen LogP contribution is -2.39. The van der Waals surface area contributed by atoms with Crippen LogP contribution < -0.4 is 15.0 Å². The van der Waals surface area contributed by atoms with Crippen LogP contribution >= 0.6 is 0 Å². The van der Waals surface area contributed by atoms with Gasteiger partial charge in [0, 0.05) is 31.4 Å². The Bertz CT molecular complexity index is 665. The molecule has 0 radical (unpaired) electrons. The van der Waals surface area contributed by atoms with Gasteiger partial charge in [-0.25, -0.2) is 4.98 Å². The summed E-state index contributed by atoms with van der Waals surface area (Å²) in [5, 5.41) is 3.06. The van der Waals surface area contributed by atoms with E-state index in [1.54, 1.807) is 0 Å². The molecule has 0 aliphatic carbocycles. The summed E-state index contributed by atoms with van der Waals surface area (Å²) in [6.45, 7) is 5.27. The van der Waals surface area contributed by atoms with Crippen LogP contribution in [-0.4, -0.2) is 37.1 Å². The molecule has 1 fully saturated rings. The summed E-state index contributed by atoms with van der Waals surface area (Å²) in [6.07, 6.45) is 3.97. The van der Waals surface area contributed by atoms with E-state index >= 15 is 0 Å². The van der Waals surface area contributed by atoms with Crippen LogP contribution in [0, 0.1) is 5.92 Å². The molecule has 1 aliphatic rings. The molecular formula is C20H25N3O2. The highest BCUT2D eigenvalue weighted by atomic mass is 16.5. The zero-order chi connectivity index (χ0) is 17.5. The fourth-order valence-corrected chi connectivity index (χ4v) is 3.12. The van der Waals surface area contributed by atoms with Gasteiger partial charge in [0.2, 0.25) is 0 Å². The summed E-state index contributed by atoms with van der Waals surface area (Å²) >= 11 is 0. The summed E-state index contributed by atoms with van der Waals surface area (Å²) in [5.41, 5.74) is 0.675. The van der Waals surface area contributed by atoms with E-state index in [-0.39, 0.29) is 5.91 Å². The highest BCUT2D eigenvalue weighted by Crippen LogP contribution is 2.21. The lowest BCUT2D eigenvalue weighted by Gasteiger charge is -2.32. The lowest BCUT2D eigenvalue weighted by molar-refractivity contribution is 0.0945. The van der Waals surface area contributed by atoms with Gasteiger partial charge in [-0.1, -0.05) is 6.07 Å². The van der Waals surface area contributed by atoms with Gasteiger partial charge in [0.1, 0.15) is 11.6 Å². The van der Waals surface area contributed by atoms with Crippen LogP contribution in [0.3, 0.4) is 0 Å². The fourth-order valence-electron chi connectivity index (χ4n) is 3.12. The summed E-state index contributed by atoms with van der Waals surface area (Å²) in [5.74, 6) is 2.34. The van der Waals surface area contributed by atoms with Crippen molar-refractivity contribution >= 4 is 11.7 Å². The molecule has 132 valence electrons. The van der Waals surface area contributed by atoms with E-state index in [4.69, 9.17) is 4.74 Å². The summed E-state index contributed by atoms with van der Waals surface area (Å²) in [7, 11) is 0. The van der Waals surface area contributed by atoms with E-state index in [9.17, 15) is 4.79 Å². The third kappa shape index (κ3) is 4.72.